The Labute approximate surface area is 234 Å². The molecule has 0 bridgehead atoms. The van der Waals surface area contributed by atoms with Gasteiger partial charge in [-0.1, -0.05) is 43.0 Å². The van der Waals surface area contributed by atoms with Crippen molar-refractivity contribution in [3.8, 4) is 16.9 Å². The number of carbonyl (C=O) groups excluding carboxylic acids is 2. The topological polar surface area (TPSA) is 96.8 Å². The highest BCUT2D eigenvalue weighted by Crippen LogP contribution is 2.35. The molecule has 8 nitrogen and oxygen atoms in total. The lowest BCUT2D eigenvalue weighted by Gasteiger charge is -2.11. The van der Waals surface area contributed by atoms with Crippen molar-refractivity contribution in [3.63, 3.8) is 0 Å². The minimum absolute atomic E-state index is 0.0430. The van der Waals surface area contributed by atoms with Crippen LogP contribution in [0.4, 0.5) is 10.5 Å². The molecule has 0 unspecified atom stereocenters. The molecule has 4 aromatic rings. The number of ether oxygens (including phenoxy) is 2. The molecule has 0 aliphatic rings. The summed E-state index contributed by atoms with van der Waals surface area (Å²) in [4.78, 5) is 27.0. The first-order valence-electron chi connectivity index (χ1n) is 12.6. The molecule has 208 valence electrons. The summed E-state index contributed by atoms with van der Waals surface area (Å²) in [5, 5.41) is 2.65. The first-order chi connectivity index (χ1) is 19.3. The van der Waals surface area contributed by atoms with E-state index < -0.39 is 6.09 Å². The van der Waals surface area contributed by atoms with E-state index >= 15 is 0 Å². The van der Waals surface area contributed by atoms with Gasteiger partial charge in [-0.15, -0.1) is 0 Å². The molecule has 2 amide bonds. The quantitative estimate of drug-likeness (QED) is 0.231. The van der Waals surface area contributed by atoms with Gasteiger partial charge in [-0.3, -0.25) is 10.1 Å². The molecule has 2 aromatic carbocycles. The number of carbonyl (C=O) groups is 2. The van der Waals surface area contributed by atoms with E-state index in [1.807, 2.05) is 79.9 Å². The van der Waals surface area contributed by atoms with Gasteiger partial charge in [0, 0.05) is 48.2 Å². The fourth-order valence-electron chi connectivity index (χ4n) is 3.89. The van der Waals surface area contributed by atoms with Gasteiger partial charge in [0.15, 0.2) is 0 Å². The number of H-pyrrole nitrogens is 1. The average molecular weight is 542 g/mol. The summed E-state index contributed by atoms with van der Waals surface area (Å²) in [7, 11) is 4.75. The Morgan fingerprint density at radius 2 is 1.77 bits per heavy atom. The Morgan fingerprint density at radius 1 is 1.05 bits per heavy atom. The van der Waals surface area contributed by atoms with Crippen LogP contribution in [0.3, 0.4) is 0 Å². The average Bonchev–Trinajstić information content (AvgIpc) is 3.61. The van der Waals surface area contributed by atoms with Gasteiger partial charge in [0.05, 0.1) is 27.0 Å². The van der Waals surface area contributed by atoms with Crippen LogP contribution in [0.2, 0.25) is 0 Å². The Hall–Kier alpha value is -4.98. The molecule has 4 rings (SSSR count). The van der Waals surface area contributed by atoms with E-state index in [1.54, 1.807) is 25.3 Å². The highest BCUT2D eigenvalue weighted by molar-refractivity contribution is 5.93. The number of rotatable bonds is 8. The summed E-state index contributed by atoms with van der Waals surface area (Å²) in [5.74, 6) is 1.67. The largest absolute Gasteiger partial charge is 0.496 e. The molecule has 2 aromatic heterocycles. The van der Waals surface area contributed by atoms with Crippen LogP contribution in [0, 0.1) is 6.92 Å². The Balaban J connectivity index is 0.000000336. The lowest BCUT2D eigenvalue weighted by atomic mass is 9.97. The highest BCUT2D eigenvalue weighted by atomic mass is 16.5. The van der Waals surface area contributed by atoms with Gasteiger partial charge < -0.3 is 23.8 Å². The number of aromatic amines is 1. The lowest BCUT2D eigenvalue weighted by molar-refractivity contribution is -0.128. The molecule has 8 heteroatoms. The molecular weight excluding hydrogens is 506 g/mol. The Bertz CT molecular complexity index is 1450. The van der Waals surface area contributed by atoms with Crippen LogP contribution in [0.25, 0.3) is 22.8 Å². The molecular formula is C32H35N3O5. The standard InChI is InChI=1S/C24H24N2O3.C8H11NO2/c1-5-17(18-10-12-19(13-11-18)26-24(27)29-4)14-21-16(2)25-15-22(21)20-8-6-7-9-23(20)28-3;1-7(10)9(2)6-8-4-3-5-11-8/h5-15,25H,1H2,2-4H3,(H,26,27);3-5H,6H2,1-2H3/b17-14+;. The molecule has 0 saturated carbocycles. The summed E-state index contributed by atoms with van der Waals surface area (Å²) in [6, 6.07) is 19.1. The zero-order valence-electron chi connectivity index (χ0n) is 23.5. The van der Waals surface area contributed by atoms with E-state index in [4.69, 9.17) is 9.15 Å². The van der Waals surface area contributed by atoms with Crippen molar-refractivity contribution in [2.45, 2.75) is 20.4 Å². The van der Waals surface area contributed by atoms with Crippen molar-refractivity contribution in [1.29, 1.82) is 0 Å². The summed E-state index contributed by atoms with van der Waals surface area (Å²) in [5.41, 5.74) is 6.82. The number of hydrogen-bond acceptors (Lipinski definition) is 5. The molecule has 0 saturated heterocycles. The minimum atomic E-state index is -0.498. The molecule has 0 aliphatic carbocycles. The van der Waals surface area contributed by atoms with E-state index in [-0.39, 0.29) is 5.91 Å². The third-order valence-electron chi connectivity index (χ3n) is 6.20. The monoisotopic (exact) mass is 541 g/mol. The first kappa shape index (κ1) is 29.6. The Kier molecular flexibility index (Phi) is 10.5. The molecule has 0 atom stereocenters. The van der Waals surface area contributed by atoms with Gasteiger partial charge >= 0.3 is 6.09 Å². The number of furan rings is 1. The van der Waals surface area contributed by atoms with E-state index in [9.17, 15) is 9.59 Å². The second-order valence-electron chi connectivity index (χ2n) is 8.89. The maximum absolute atomic E-state index is 11.4. The van der Waals surface area contributed by atoms with E-state index in [1.165, 1.54) is 14.0 Å². The van der Waals surface area contributed by atoms with E-state index in [0.717, 1.165) is 45.0 Å². The van der Waals surface area contributed by atoms with Crippen LogP contribution in [0.15, 0.2) is 90.2 Å². The molecule has 0 aliphatic heterocycles. The third-order valence-corrected chi connectivity index (χ3v) is 6.20. The third kappa shape index (κ3) is 7.77. The second-order valence-corrected chi connectivity index (χ2v) is 8.89. The van der Waals surface area contributed by atoms with Crippen LogP contribution in [-0.2, 0) is 16.1 Å². The predicted molar refractivity (Wildman–Crippen MR) is 159 cm³/mol. The second kappa shape index (κ2) is 14.2. The SMILES string of the molecule is C=C/C(=C\c1c(-c2ccccc2OC)c[nH]c1C)c1ccc(NC(=O)OC)cc1.CC(=O)N(C)Cc1ccco1. The molecule has 0 fully saturated rings. The smallest absolute Gasteiger partial charge is 0.411 e. The number of anilines is 1. The normalized spacial score (nSPS) is 10.7. The van der Waals surface area contributed by atoms with Crippen molar-refractivity contribution in [2.75, 3.05) is 26.6 Å². The number of benzene rings is 2. The number of hydrogen-bond donors (Lipinski definition) is 2. The number of aryl methyl sites for hydroxylation is 1. The molecule has 0 spiro atoms. The number of aromatic nitrogens is 1. The van der Waals surface area contributed by atoms with Crippen molar-refractivity contribution in [3.05, 3.63) is 108 Å². The van der Waals surface area contributed by atoms with Crippen molar-refractivity contribution < 1.29 is 23.5 Å². The van der Waals surface area contributed by atoms with Crippen LogP contribution in [0.1, 0.15) is 29.5 Å². The van der Waals surface area contributed by atoms with Crippen LogP contribution < -0.4 is 10.1 Å². The van der Waals surface area contributed by atoms with E-state index in [2.05, 4.69) is 27.7 Å². The molecule has 2 N–H and O–H groups in total. The number of allylic oxidation sites excluding steroid dienone is 2. The maximum Gasteiger partial charge on any atom is 0.411 e. The number of para-hydroxylation sites is 1. The van der Waals surface area contributed by atoms with Crippen molar-refractivity contribution >= 4 is 29.3 Å². The summed E-state index contributed by atoms with van der Waals surface area (Å²) >= 11 is 0. The number of nitrogens with zero attached hydrogens (tertiary/aromatic N) is 1. The molecule has 40 heavy (non-hydrogen) atoms. The van der Waals surface area contributed by atoms with Gasteiger partial charge in [0.2, 0.25) is 5.91 Å². The minimum Gasteiger partial charge on any atom is -0.496 e. The van der Waals surface area contributed by atoms with Crippen LogP contribution in [0.5, 0.6) is 5.75 Å². The number of nitrogens with one attached hydrogen (secondary N) is 2. The van der Waals surface area contributed by atoms with Crippen LogP contribution in [-0.4, -0.2) is 43.2 Å². The fourth-order valence-corrected chi connectivity index (χ4v) is 3.89. The molecule has 2 heterocycles. The first-order valence-corrected chi connectivity index (χ1v) is 12.6. The lowest BCUT2D eigenvalue weighted by Crippen LogP contribution is -2.22. The van der Waals surface area contributed by atoms with Crippen LogP contribution >= 0.6 is 0 Å². The van der Waals surface area contributed by atoms with Gasteiger partial charge in [-0.2, -0.15) is 0 Å². The van der Waals surface area contributed by atoms with Gasteiger partial charge in [-0.25, -0.2) is 4.79 Å². The zero-order valence-corrected chi connectivity index (χ0v) is 23.5. The van der Waals surface area contributed by atoms with Crippen molar-refractivity contribution in [1.82, 2.24) is 9.88 Å². The summed E-state index contributed by atoms with van der Waals surface area (Å²) in [6.07, 6.45) is 7.01. The summed E-state index contributed by atoms with van der Waals surface area (Å²) < 4.78 is 15.2. The summed E-state index contributed by atoms with van der Waals surface area (Å²) in [6.45, 7) is 8.09. The Morgan fingerprint density at radius 3 is 2.38 bits per heavy atom. The fraction of sp³-hybridized carbons (Fsp3) is 0.188. The number of amides is 2. The highest BCUT2D eigenvalue weighted by Gasteiger charge is 2.13. The van der Waals surface area contributed by atoms with E-state index in [0.29, 0.717) is 12.2 Å². The van der Waals surface area contributed by atoms with Gasteiger partial charge in [-0.05, 0) is 54.5 Å². The van der Waals surface area contributed by atoms with Gasteiger partial charge in [0.25, 0.3) is 0 Å². The van der Waals surface area contributed by atoms with Crippen molar-refractivity contribution in [2.24, 2.45) is 0 Å². The maximum atomic E-state index is 11.4. The molecule has 0 radical (unpaired) electrons. The number of methoxy groups -OCH3 is 2. The van der Waals surface area contributed by atoms with Gasteiger partial charge in [0.1, 0.15) is 11.5 Å². The predicted octanol–water partition coefficient (Wildman–Crippen LogP) is 7.16. The zero-order chi connectivity index (χ0) is 29.1.